The molecular weight excluding hydrogens is 221 g/mol. The Morgan fingerprint density at radius 1 is 1.53 bits per heavy atom. The lowest BCUT2D eigenvalue weighted by Gasteiger charge is -2.20. The minimum absolute atomic E-state index is 0.0770. The van der Waals surface area contributed by atoms with Crippen LogP contribution in [0.4, 0.5) is 16.2 Å². The molecule has 0 radical (unpaired) electrons. The molecule has 3 N–H and O–H groups in total. The Labute approximate surface area is 101 Å². The summed E-state index contributed by atoms with van der Waals surface area (Å²) in [6, 6.07) is 0.515. The van der Waals surface area contributed by atoms with Crippen molar-refractivity contribution in [1.82, 2.24) is 14.9 Å². The summed E-state index contributed by atoms with van der Waals surface area (Å²) in [5, 5.41) is 2.92. The molecule has 0 bridgehead atoms. The van der Waals surface area contributed by atoms with E-state index in [0.29, 0.717) is 12.6 Å². The zero-order valence-electron chi connectivity index (χ0n) is 10.6. The van der Waals surface area contributed by atoms with Crippen molar-refractivity contribution in [3.63, 3.8) is 0 Å². The van der Waals surface area contributed by atoms with Gasteiger partial charge in [-0.1, -0.05) is 0 Å². The summed E-state index contributed by atoms with van der Waals surface area (Å²) < 4.78 is 13.2. The predicted octanol–water partition coefficient (Wildman–Crippen LogP) is 1.34. The standard InChI is InChI=1S/C11H20FN5/c1-8(2)17(3)6-4-5-14-10-9(12)7-15-11(13)16-10/h7-8H,4-6H2,1-3H3,(H3,13,14,15,16). The molecule has 0 aliphatic heterocycles. The zero-order chi connectivity index (χ0) is 12.8. The van der Waals surface area contributed by atoms with Gasteiger partial charge in [-0.25, -0.2) is 9.37 Å². The average molecular weight is 241 g/mol. The first-order valence-electron chi connectivity index (χ1n) is 5.73. The van der Waals surface area contributed by atoms with Crippen molar-refractivity contribution in [3.8, 4) is 0 Å². The highest BCUT2D eigenvalue weighted by atomic mass is 19.1. The van der Waals surface area contributed by atoms with E-state index in [1.807, 2.05) is 0 Å². The second-order valence-corrected chi connectivity index (χ2v) is 4.28. The molecule has 6 heteroatoms. The molecule has 1 rings (SSSR count). The maximum absolute atomic E-state index is 13.2. The summed E-state index contributed by atoms with van der Waals surface area (Å²) in [4.78, 5) is 9.58. The van der Waals surface area contributed by atoms with Crippen LogP contribution in [0.3, 0.4) is 0 Å². The maximum Gasteiger partial charge on any atom is 0.222 e. The van der Waals surface area contributed by atoms with Gasteiger partial charge in [0.25, 0.3) is 0 Å². The number of hydrogen-bond acceptors (Lipinski definition) is 5. The van der Waals surface area contributed by atoms with Gasteiger partial charge in [0.15, 0.2) is 11.6 Å². The molecule has 0 unspecified atom stereocenters. The van der Waals surface area contributed by atoms with Gasteiger partial charge in [0.1, 0.15) is 0 Å². The molecule has 17 heavy (non-hydrogen) atoms. The third kappa shape index (κ3) is 4.52. The van der Waals surface area contributed by atoms with E-state index >= 15 is 0 Å². The largest absolute Gasteiger partial charge is 0.368 e. The number of halogens is 1. The van der Waals surface area contributed by atoms with Crippen LogP contribution in [0.2, 0.25) is 0 Å². The van der Waals surface area contributed by atoms with Crippen molar-refractivity contribution >= 4 is 11.8 Å². The van der Waals surface area contributed by atoms with E-state index in [4.69, 9.17) is 5.73 Å². The molecule has 0 atom stereocenters. The van der Waals surface area contributed by atoms with Crippen LogP contribution in [-0.2, 0) is 0 Å². The lowest BCUT2D eigenvalue weighted by atomic mass is 10.3. The molecule has 5 nitrogen and oxygen atoms in total. The van der Waals surface area contributed by atoms with Gasteiger partial charge in [-0.15, -0.1) is 0 Å². The molecule has 1 aromatic rings. The van der Waals surface area contributed by atoms with Gasteiger partial charge in [0, 0.05) is 12.6 Å². The van der Waals surface area contributed by atoms with Gasteiger partial charge in [-0.05, 0) is 33.9 Å². The van der Waals surface area contributed by atoms with Crippen LogP contribution < -0.4 is 11.1 Å². The lowest BCUT2D eigenvalue weighted by Crippen LogP contribution is -2.28. The van der Waals surface area contributed by atoms with Crippen molar-refractivity contribution in [3.05, 3.63) is 12.0 Å². The topological polar surface area (TPSA) is 67.1 Å². The first-order chi connectivity index (χ1) is 8.00. The number of nitrogens with one attached hydrogen (secondary N) is 1. The molecule has 1 heterocycles. The van der Waals surface area contributed by atoms with Crippen LogP contribution in [0.15, 0.2) is 6.20 Å². The Kier molecular flexibility index (Phi) is 5.09. The normalized spacial score (nSPS) is 11.2. The molecule has 0 amide bonds. The summed E-state index contributed by atoms with van der Waals surface area (Å²) in [6.45, 7) is 5.88. The van der Waals surface area contributed by atoms with E-state index in [1.54, 1.807) is 0 Å². The van der Waals surface area contributed by atoms with Crippen LogP contribution in [-0.4, -0.2) is 41.0 Å². The van der Waals surface area contributed by atoms with Crippen molar-refractivity contribution in [2.45, 2.75) is 26.3 Å². The number of anilines is 2. The molecule has 0 fully saturated rings. The van der Waals surface area contributed by atoms with Crippen LogP contribution in [0.5, 0.6) is 0 Å². The van der Waals surface area contributed by atoms with E-state index in [-0.39, 0.29) is 11.8 Å². The minimum Gasteiger partial charge on any atom is -0.368 e. The molecule has 0 aliphatic carbocycles. The van der Waals surface area contributed by atoms with Gasteiger partial charge in [-0.3, -0.25) is 0 Å². The number of hydrogen-bond donors (Lipinski definition) is 2. The molecule has 0 saturated carbocycles. The van der Waals surface area contributed by atoms with E-state index < -0.39 is 5.82 Å². The second-order valence-electron chi connectivity index (χ2n) is 4.28. The molecule has 0 saturated heterocycles. The van der Waals surface area contributed by atoms with E-state index in [1.165, 1.54) is 0 Å². The van der Waals surface area contributed by atoms with Crippen molar-refractivity contribution in [2.24, 2.45) is 0 Å². The number of aromatic nitrogens is 2. The SMILES string of the molecule is CC(C)N(C)CCCNc1nc(N)ncc1F. The highest BCUT2D eigenvalue weighted by Gasteiger charge is 2.05. The summed E-state index contributed by atoms with van der Waals surface area (Å²) >= 11 is 0. The van der Waals surface area contributed by atoms with Crippen LogP contribution in [0, 0.1) is 5.82 Å². The highest BCUT2D eigenvalue weighted by molar-refractivity contribution is 5.38. The quantitative estimate of drug-likeness (QED) is 0.736. The first kappa shape index (κ1) is 13.6. The molecular formula is C11H20FN5. The van der Waals surface area contributed by atoms with Gasteiger partial charge >= 0.3 is 0 Å². The molecule has 0 aromatic carbocycles. The van der Waals surface area contributed by atoms with Gasteiger partial charge in [-0.2, -0.15) is 4.98 Å². The fourth-order valence-corrected chi connectivity index (χ4v) is 1.30. The predicted molar refractivity (Wildman–Crippen MR) is 67.3 cm³/mol. The summed E-state index contributed by atoms with van der Waals surface area (Å²) in [6.07, 6.45) is 1.99. The Morgan fingerprint density at radius 2 is 2.24 bits per heavy atom. The van der Waals surface area contributed by atoms with Crippen molar-refractivity contribution in [1.29, 1.82) is 0 Å². The maximum atomic E-state index is 13.2. The van der Waals surface area contributed by atoms with Crippen LogP contribution >= 0.6 is 0 Å². The van der Waals surface area contributed by atoms with E-state index in [0.717, 1.165) is 19.2 Å². The van der Waals surface area contributed by atoms with Crippen LogP contribution in [0.25, 0.3) is 0 Å². The number of nitrogens with two attached hydrogens (primary N) is 1. The van der Waals surface area contributed by atoms with Crippen molar-refractivity contribution in [2.75, 3.05) is 31.2 Å². The number of nitrogens with zero attached hydrogens (tertiary/aromatic N) is 3. The van der Waals surface area contributed by atoms with Gasteiger partial charge in [0.05, 0.1) is 6.20 Å². The van der Waals surface area contributed by atoms with E-state index in [9.17, 15) is 4.39 Å². The van der Waals surface area contributed by atoms with Gasteiger partial charge < -0.3 is 16.0 Å². The third-order valence-corrected chi connectivity index (χ3v) is 2.62. The number of nitrogen functional groups attached to an aromatic ring is 1. The Bertz CT molecular complexity index is 356. The molecule has 0 spiro atoms. The average Bonchev–Trinajstić information content (AvgIpc) is 2.28. The molecule has 0 aliphatic rings. The van der Waals surface area contributed by atoms with Gasteiger partial charge in [0.2, 0.25) is 5.95 Å². The Morgan fingerprint density at radius 3 is 2.88 bits per heavy atom. The summed E-state index contributed by atoms with van der Waals surface area (Å²) in [5.41, 5.74) is 5.38. The fourth-order valence-electron chi connectivity index (χ4n) is 1.30. The smallest absolute Gasteiger partial charge is 0.222 e. The summed E-state index contributed by atoms with van der Waals surface area (Å²) in [7, 11) is 2.06. The second kappa shape index (κ2) is 6.34. The zero-order valence-corrected chi connectivity index (χ0v) is 10.6. The molecule has 96 valence electrons. The molecule has 1 aromatic heterocycles. The summed E-state index contributed by atoms with van der Waals surface area (Å²) in [5.74, 6) is -0.227. The van der Waals surface area contributed by atoms with E-state index in [2.05, 4.69) is 41.1 Å². The number of rotatable bonds is 6. The minimum atomic E-state index is -0.476. The monoisotopic (exact) mass is 241 g/mol. The van der Waals surface area contributed by atoms with Crippen LogP contribution in [0.1, 0.15) is 20.3 Å². The Balaban J connectivity index is 2.33. The lowest BCUT2D eigenvalue weighted by molar-refractivity contribution is 0.273. The Hall–Kier alpha value is -1.43. The third-order valence-electron chi connectivity index (χ3n) is 2.62. The van der Waals surface area contributed by atoms with Crippen molar-refractivity contribution < 1.29 is 4.39 Å². The highest BCUT2D eigenvalue weighted by Crippen LogP contribution is 2.09. The first-order valence-corrected chi connectivity index (χ1v) is 5.73. The fraction of sp³-hybridized carbons (Fsp3) is 0.636.